The first-order chi connectivity index (χ1) is 8.74. The monoisotopic (exact) mass is 277 g/mol. The summed E-state index contributed by atoms with van der Waals surface area (Å²) in [5.74, 6) is -0.657. The van der Waals surface area contributed by atoms with E-state index in [1.54, 1.807) is 0 Å². The van der Waals surface area contributed by atoms with Gasteiger partial charge in [-0.05, 0) is 18.2 Å². The molecule has 1 N–H and O–H groups in total. The van der Waals surface area contributed by atoms with Crippen LogP contribution >= 0.6 is 0 Å². The molecule has 0 heterocycles. The number of nitrogens with zero attached hydrogens (tertiary/aromatic N) is 1. The van der Waals surface area contributed by atoms with E-state index in [9.17, 15) is 23.1 Å². The highest BCUT2D eigenvalue weighted by Crippen LogP contribution is 2.25. The van der Waals surface area contributed by atoms with Crippen molar-refractivity contribution in [3.8, 4) is 11.5 Å². The van der Waals surface area contributed by atoms with E-state index in [4.69, 9.17) is 4.74 Å². The molecule has 0 fully saturated rings. The Morgan fingerprint density at radius 2 is 2.05 bits per heavy atom. The Hall–Kier alpha value is -1.92. The van der Waals surface area contributed by atoms with Gasteiger partial charge < -0.3 is 14.7 Å². The first-order valence-corrected chi connectivity index (χ1v) is 5.44. The molecule has 0 saturated carbocycles. The van der Waals surface area contributed by atoms with Crippen LogP contribution in [0.15, 0.2) is 18.2 Å². The van der Waals surface area contributed by atoms with E-state index in [1.807, 2.05) is 0 Å². The van der Waals surface area contributed by atoms with E-state index in [2.05, 4.69) is 0 Å². The number of methoxy groups -OCH3 is 1. The highest BCUT2D eigenvalue weighted by atomic mass is 19.4. The molecular weight excluding hydrogens is 263 g/mol. The first-order valence-electron chi connectivity index (χ1n) is 5.44. The maximum Gasteiger partial charge on any atom is 0.390 e. The molecule has 0 aromatic heterocycles. The Kier molecular flexibility index (Phi) is 4.63. The lowest BCUT2D eigenvalue weighted by Crippen LogP contribution is -2.30. The summed E-state index contributed by atoms with van der Waals surface area (Å²) in [6.07, 6.45) is -5.43. The number of hydrogen-bond donors (Lipinski definition) is 1. The average molecular weight is 277 g/mol. The normalized spacial score (nSPS) is 11.2. The Morgan fingerprint density at radius 1 is 1.42 bits per heavy atom. The molecular formula is C12H14F3NO3. The van der Waals surface area contributed by atoms with Crippen LogP contribution in [0, 0.1) is 0 Å². The predicted molar refractivity (Wildman–Crippen MR) is 62.3 cm³/mol. The largest absolute Gasteiger partial charge is 0.507 e. The third kappa shape index (κ3) is 4.35. The van der Waals surface area contributed by atoms with Crippen LogP contribution in [0.4, 0.5) is 13.2 Å². The van der Waals surface area contributed by atoms with Crippen molar-refractivity contribution in [1.82, 2.24) is 4.90 Å². The molecule has 0 aliphatic heterocycles. The second kappa shape index (κ2) is 5.81. The van der Waals surface area contributed by atoms with Gasteiger partial charge >= 0.3 is 6.18 Å². The van der Waals surface area contributed by atoms with Crippen LogP contribution in [0.3, 0.4) is 0 Å². The van der Waals surface area contributed by atoms with Gasteiger partial charge in [-0.1, -0.05) is 0 Å². The second-order valence-corrected chi connectivity index (χ2v) is 3.97. The van der Waals surface area contributed by atoms with Crippen molar-refractivity contribution in [2.24, 2.45) is 0 Å². The van der Waals surface area contributed by atoms with Gasteiger partial charge in [0.15, 0.2) is 0 Å². The minimum absolute atomic E-state index is 0.0935. The smallest absolute Gasteiger partial charge is 0.390 e. The lowest BCUT2D eigenvalue weighted by atomic mass is 10.1. The van der Waals surface area contributed by atoms with E-state index in [0.717, 1.165) is 4.90 Å². The summed E-state index contributed by atoms with van der Waals surface area (Å²) >= 11 is 0. The molecule has 7 heteroatoms. The van der Waals surface area contributed by atoms with Crippen LogP contribution in [-0.2, 0) is 0 Å². The van der Waals surface area contributed by atoms with Gasteiger partial charge in [-0.3, -0.25) is 4.79 Å². The number of alkyl halides is 3. The van der Waals surface area contributed by atoms with Gasteiger partial charge in [0.25, 0.3) is 5.91 Å². The van der Waals surface area contributed by atoms with E-state index in [1.165, 1.54) is 32.4 Å². The number of aromatic hydroxyl groups is 1. The van der Waals surface area contributed by atoms with Gasteiger partial charge in [0.05, 0.1) is 19.1 Å². The quantitative estimate of drug-likeness (QED) is 0.919. The molecule has 0 unspecified atom stereocenters. The highest BCUT2D eigenvalue weighted by molar-refractivity contribution is 5.97. The zero-order valence-electron chi connectivity index (χ0n) is 10.5. The molecule has 4 nitrogen and oxygen atoms in total. The van der Waals surface area contributed by atoms with Crippen molar-refractivity contribution in [3.05, 3.63) is 23.8 Å². The Labute approximate surface area is 108 Å². The number of ether oxygens (including phenoxy) is 1. The molecule has 0 radical (unpaired) electrons. The minimum Gasteiger partial charge on any atom is -0.507 e. The average Bonchev–Trinajstić information content (AvgIpc) is 2.35. The number of benzene rings is 1. The van der Waals surface area contributed by atoms with E-state index < -0.39 is 25.0 Å². The third-order valence-corrected chi connectivity index (χ3v) is 2.51. The topological polar surface area (TPSA) is 49.8 Å². The minimum atomic E-state index is -4.33. The van der Waals surface area contributed by atoms with Gasteiger partial charge in [0, 0.05) is 13.6 Å². The number of amides is 1. The summed E-state index contributed by atoms with van der Waals surface area (Å²) in [5.41, 5.74) is -0.0935. The number of carbonyl (C=O) groups excluding carboxylic acids is 1. The van der Waals surface area contributed by atoms with E-state index >= 15 is 0 Å². The van der Waals surface area contributed by atoms with Crippen molar-refractivity contribution >= 4 is 5.91 Å². The zero-order chi connectivity index (χ0) is 14.6. The second-order valence-electron chi connectivity index (χ2n) is 3.97. The number of halogens is 3. The summed E-state index contributed by atoms with van der Waals surface area (Å²) in [7, 11) is 2.63. The molecule has 0 spiro atoms. The Morgan fingerprint density at radius 3 is 2.58 bits per heavy atom. The highest BCUT2D eigenvalue weighted by Gasteiger charge is 2.28. The van der Waals surface area contributed by atoms with Crippen molar-refractivity contribution in [2.45, 2.75) is 12.6 Å². The van der Waals surface area contributed by atoms with Gasteiger partial charge in [0.2, 0.25) is 0 Å². The standard InChI is InChI=1S/C12H14F3NO3/c1-16(6-5-12(13,14)15)11(18)9-7-8(19-2)3-4-10(9)17/h3-4,7,17H,5-6H2,1-2H3. The van der Waals surface area contributed by atoms with Crippen molar-refractivity contribution in [1.29, 1.82) is 0 Å². The number of phenolic OH excluding ortho intramolecular Hbond substituents is 1. The predicted octanol–water partition coefficient (Wildman–Crippen LogP) is 2.43. The third-order valence-electron chi connectivity index (χ3n) is 2.51. The molecule has 1 rings (SSSR count). The van der Waals surface area contributed by atoms with Crippen LogP contribution in [-0.4, -0.2) is 42.8 Å². The summed E-state index contributed by atoms with van der Waals surface area (Å²) < 4.78 is 41.1. The molecule has 0 bridgehead atoms. The summed E-state index contributed by atoms with van der Waals surface area (Å²) in [4.78, 5) is 12.8. The molecule has 1 aromatic carbocycles. The zero-order valence-corrected chi connectivity index (χ0v) is 10.5. The van der Waals surface area contributed by atoms with Crippen LogP contribution in [0.1, 0.15) is 16.8 Å². The maximum absolute atomic E-state index is 12.1. The molecule has 0 atom stereocenters. The van der Waals surface area contributed by atoms with Crippen LogP contribution in [0.25, 0.3) is 0 Å². The van der Waals surface area contributed by atoms with Crippen molar-refractivity contribution in [2.75, 3.05) is 20.7 Å². The lowest BCUT2D eigenvalue weighted by molar-refractivity contribution is -0.136. The number of phenols is 1. The van der Waals surface area contributed by atoms with E-state index in [0.29, 0.717) is 5.75 Å². The van der Waals surface area contributed by atoms with E-state index in [-0.39, 0.29) is 11.3 Å². The van der Waals surface area contributed by atoms with Crippen molar-refractivity contribution in [3.63, 3.8) is 0 Å². The summed E-state index contributed by atoms with van der Waals surface area (Å²) in [5, 5.41) is 9.55. The summed E-state index contributed by atoms with van der Waals surface area (Å²) in [6, 6.07) is 3.98. The molecule has 0 saturated heterocycles. The fourth-order valence-corrected chi connectivity index (χ4v) is 1.42. The number of carbonyl (C=O) groups is 1. The Balaban J connectivity index is 2.82. The SMILES string of the molecule is COc1ccc(O)c(C(=O)N(C)CCC(F)(F)F)c1. The first kappa shape index (κ1) is 15.1. The van der Waals surface area contributed by atoms with Crippen LogP contribution in [0.5, 0.6) is 11.5 Å². The molecule has 0 aliphatic rings. The van der Waals surface area contributed by atoms with Gasteiger partial charge in [-0.25, -0.2) is 0 Å². The van der Waals surface area contributed by atoms with Gasteiger partial charge in [0.1, 0.15) is 11.5 Å². The van der Waals surface area contributed by atoms with Gasteiger partial charge in [-0.2, -0.15) is 13.2 Å². The molecule has 19 heavy (non-hydrogen) atoms. The molecule has 1 aromatic rings. The molecule has 0 aliphatic carbocycles. The Bertz CT molecular complexity index is 460. The molecule has 106 valence electrons. The summed E-state index contributed by atoms with van der Waals surface area (Å²) in [6.45, 7) is -0.473. The van der Waals surface area contributed by atoms with Gasteiger partial charge in [-0.15, -0.1) is 0 Å². The fraction of sp³-hybridized carbons (Fsp3) is 0.417. The number of rotatable bonds is 4. The maximum atomic E-state index is 12.1. The number of hydrogen-bond acceptors (Lipinski definition) is 3. The van der Waals surface area contributed by atoms with Crippen molar-refractivity contribution < 1.29 is 27.8 Å². The van der Waals surface area contributed by atoms with Crippen LogP contribution < -0.4 is 4.74 Å². The molecule has 1 amide bonds. The lowest BCUT2D eigenvalue weighted by Gasteiger charge is -2.19. The fourth-order valence-electron chi connectivity index (χ4n) is 1.42. The van der Waals surface area contributed by atoms with Crippen LogP contribution in [0.2, 0.25) is 0 Å².